The third-order valence-corrected chi connectivity index (χ3v) is 3.08. The second-order valence-corrected chi connectivity index (χ2v) is 5.41. The summed E-state index contributed by atoms with van der Waals surface area (Å²) in [6.07, 6.45) is 0.699. The third-order valence-electron chi connectivity index (χ3n) is 2.59. The quantitative estimate of drug-likeness (QED) is 0.911. The number of nitrogens with two attached hydrogens (primary N) is 1. The van der Waals surface area contributed by atoms with Crippen LogP contribution < -0.4 is 10.5 Å². The van der Waals surface area contributed by atoms with Crippen LogP contribution in [0.15, 0.2) is 46.9 Å². The minimum atomic E-state index is -0.316. The van der Waals surface area contributed by atoms with Crippen molar-refractivity contribution in [3.63, 3.8) is 0 Å². The summed E-state index contributed by atoms with van der Waals surface area (Å²) in [5.41, 5.74) is 6.82. The molecule has 0 heterocycles. The summed E-state index contributed by atoms with van der Waals surface area (Å²) < 4.78 is 19.8. The van der Waals surface area contributed by atoms with Crippen LogP contribution in [0.1, 0.15) is 12.5 Å². The van der Waals surface area contributed by atoms with E-state index in [4.69, 9.17) is 10.5 Å². The Kier molecular flexibility index (Phi) is 4.56. The monoisotopic (exact) mass is 323 g/mol. The fraction of sp³-hybridized carbons (Fsp3) is 0.200. The number of rotatable bonds is 4. The molecule has 1 atom stereocenters. The van der Waals surface area contributed by atoms with Gasteiger partial charge in [-0.3, -0.25) is 0 Å². The Morgan fingerprint density at radius 2 is 2.05 bits per heavy atom. The minimum Gasteiger partial charge on any atom is -0.457 e. The lowest BCUT2D eigenvalue weighted by atomic mass is 10.1. The summed E-state index contributed by atoms with van der Waals surface area (Å²) in [5.74, 6) is 0.864. The van der Waals surface area contributed by atoms with Gasteiger partial charge in [0, 0.05) is 16.6 Å². The number of ether oxygens (including phenoxy) is 1. The molecule has 1 unspecified atom stereocenters. The van der Waals surface area contributed by atoms with Gasteiger partial charge in [0.2, 0.25) is 0 Å². The van der Waals surface area contributed by atoms with E-state index in [1.807, 2.05) is 25.1 Å². The van der Waals surface area contributed by atoms with E-state index in [0.29, 0.717) is 17.9 Å². The molecule has 0 spiro atoms. The molecule has 19 heavy (non-hydrogen) atoms. The van der Waals surface area contributed by atoms with Crippen LogP contribution in [-0.2, 0) is 6.42 Å². The van der Waals surface area contributed by atoms with E-state index in [1.165, 1.54) is 12.1 Å². The van der Waals surface area contributed by atoms with Gasteiger partial charge in [-0.25, -0.2) is 4.39 Å². The van der Waals surface area contributed by atoms with Gasteiger partial charge in [-0.05, 0) is 49.2 Å². The Labute approximate surface area is 120 Å². The van der Waals surface area contributed by atoms with E-state index >= 15 is 0 Å². The van der Waals surface area contributed by atoms with Gasteiger partial charge in [-0.1, -0.05) is 22.0 Å². The molecule has 0 amide bonds. The molecule has 0 aromatic heterocycles. The molecule has 2 nitrogen and oxygen atoms in total. The van der Waals surface area contributed by atoms with Gasteiger partial charge < -0.3 is 10.5 Å². The Hall–Kier alpha value is -1.39. The molecule has 0 saturated carbocycles. The zero-order chi connectivity index (χ0) is 13.8. The minimum absolute atomic E-state index is 0.0316. The third kappa shape index (κ3) is 4.04. The largest absolute Gasteiger partial charge is 0.457 e. The SMILES string of the molecule is CC(N)Cc1cc(Br)ccc1Oc1cccc(F)c1. The fourth-order valence-corrected chi connectivity index (χ4v) is 2.22. The molecule has 0 bridgehead atoms. The molecular weight excluding hydrogens is 309 g/mol. The first-order valence-corrected chi connectivity index (χ1v) is 6.81. The van der Waals surface area contributed by atoms with Gasteiger partial charge >= 0.3 is 0 Å². The van der Waals surface area contributed by atoms with E-state index in [0.717, 1.165) is 10.0 Å². The van der Waals surface area contributed by atoms with Gasteiger partial charge in [0.25, 0.3) is 0 Å². The Bertz CT molecular complexity index is 572. The number of halogens is 2. The highest BCUT2D eigenvalue weighted by atomic mass is 79.9. The van der Waals surface area contributed by atoms with Crippen molar-refractivity contribution in [1.29, 1.82) is 0 Å². The maximum absolute atomic E-state index is 13.1. The lowest BCUT2D eigenvalue weighted by molar-refractivity contribution is 0.468. The summed E-state index contributed by atoms with van der Waals surface area (Å²) in [5, 5.41) is 0. The van der Waals surface area contributed by atoms with Crippen molar-refractivity contribution >= 4 is 15.9 Å². The standard InChI is InChI=1S/C15H15BrFNO/c1-10(18)7-11-8-12(16)5-6-15(11)19-14-4-2-3-13(17)9-14/h2-6,8-10H,7,18H2,1H3. The predicted molar refractivity (Wildman–Crippen MR) is 78.0 cm³/mol. The zero-order valence-electron chi connectivity index (χ0n) is 10.6. The maximum Gasteiger partial charge on any atom is 0.130 e. The molecule has 4 heteroatoms. The van der Waals surface area contributed by atoms with Crippen molar-refractivity contribution in [2.24, 2.45) is 5.73 Å². The highest BCUT2D eigenvalue weighted by molar-refractivity contribution is 9.10. The fourth-order valence-electron chi connectivity index (χ4n) is 1.81. The van der Waals surface area contributed by atoms with Gasteiger partial charge in [0.1, 0.15) is 17.3 Å². The zero-order valence-corrected chi connectivity index (χ0v) is 12.2. The van der Waals surface area contributed by atoms with Gasteiger partial charge in [0.05, 0.1) is 0 Å². The molecular formula is C15H15BrFNO. The Balaban J connectivity index is 2.28. The van der Waals surface area contributed by atoms with E-state index in [-0.39, 0.29) is 11.9 Å². The molecule has 2 N–H and O–H groups in total. The average Bonchev–Trinajstić information content (AvgIpc) is 2.32. The van der Waals surface area contributed by atoms with E-state index in [9.17, 15) is 4.39 Å². The van der Waals surface area contributed by atoms with Crippen LogP contribution in [0, 0.1) is 5.82 Å². The highest BCUT2D eigenvalue weighted by Gasteiger charge is 2.08. The van der Waals surface area contributed by atoms with Crippen molar-refractivity contribution in [2.75, 3.05) is 0 Å². The van der Waals surface area contributed by atoms with Gasteiger partial charge in [-0.2, -0.15) is 0 Å². The summed E-state index contributed by atoms with van der Waals surface area (Å²) in [6, 6.07) is 11.8. The van der Waals surface area contributed by atoms with Crippen LogP contribution >= 0.6 is 15.9 Å². The molecule has 0 radical (unpaired) electrons. The summed E-state index contributed by atoms with van der Waals surface area (Å²) in [7, 11) is 0. The normalized spacial score (nSPS) is 12.2. The van der Waals surface area contributed by atoms with Crippen LogP contribution in [0.4, 0.5) is 4.39 Å². The molecule has 2 aromatic carbocycles. The maximum atomic E-state index is 13.1. The van der Waals surface area contributed by atoms with E-state index in [2.05, 4.69) is 15.9 Å². The first kappa shape index (κ1) is 14.0. The van der Waals surface area contributed by atoms with E-state index < -0.39 is 0 Å². The Morgan fingerprint density at radius 3 is 2.74 bits per heavy atom. The summed E-state index contributed by atoms with van der Waals surface area (Å²) in [4.78, 5) is 0. The number of hydrogen-bond acceptors (Lipinski definition) is 2. The summed E-state index contributed by atoms with van der Waals surface area (Å²) in [6.45, 7) is 1.94. The van der Waals surface area contributed by atoms with Gasteiger partial charge in [-0.15, -0.1) is 0 Å². The van der Waals surface area contributed by atoms with Crippen molar-refractivity contribution < 1.29 is 9.13 Å². The molecule has 100 valence electrons. The number of hydrogen-bond donors (Lipinski definition) is 1. The van der Waals surface area contributed by atoms with Crippen LogP contribution in [0.2, 0.25) is 0 Å². The molecule has 0 aliphatic rings. The first-order chi connectivity index (χ1) is 9.04. The molecule has 0 aliphatic carbocycles. The first-order valence-electron chi connectivity index (χ1n) is 6.02. The lowest BCUT2D eigenvalue weighted by Gasteiger charge is -2.13. The molecule has 0 saturated heterocycles. The molecule has 2 rings (SSSR count). The number of benzene rings is 2. The average molecular weight is 324 g/mol. The van der Waals surface area contributed by atoms with Crippen molar-refractivity contribution in [3.05, 3.63) is 58.3 Å². The molecule has 2 aromatic rings. The Morgan fingerprint density at radius 1 is 1.26 bits per heavy atom. The van der Waals surface area contributed by atoms with Crippen LogP contribution in [-0.4, -0.2) is 6.04 Å². The topological polar surface area (TPSA) is 35.2 Å². The van der Waals surface area contributed by atoms with Crippen LogP contribution in [0.3, 0.4) is 0 Å². The van der Waals surface area contributed by atoms with Crippen LogP contribution in [0.5, 0.6) is 11.5 Å². The van der Waals surface area contributed by atoms with E-state index in [1.54, 1.807) is 12.1 Å². The predicted octanol–water partition coefficient (Wildman–Crippen LogP) is 4.27. The smallest absolute Gasteiger partial charge is 0.130 e. The van der Waals surface area contributed by atoms with Crippen LogP contribution in [0.25, 0.3) is 0 Å². The highest BCUT2D eigenvalue weighted by Crippen LogP contribution is 2.29. The second-order valence-electron chi connectivity index (χ2n) is 4.49. The lowest BCUT2D eigenvalue weighted by Crippen LogP contribution is -2.18. The molecule has 0 aliphatic heterocycles. The van der Waals surface area contributed by atoms with Crippen molar-refractivity contribution in [3.8, 4) is 11.5 Å². The van der Waals surface area contributed by atoms with Crippen molar-refractivity contribution in [1.82, 2.24) is 0 Å². The van der Waals surface area contributed by atoms with Crippen molar-refractivity contribution in [2.45, 2.75) is 19.4 Å². The van der Waals surface area contributed by atoms with Gasteiger partial charge in [0.15, 0.2) is 0 Å². The second kappa shape index (κ2) is 6.17. The molecule has 0 fully saturated rings. The summed E-state index contributed by atoms with van der Waals surface area (Å²) >= 11 is 3.43.